The Labute approximate surface area is 335 Å². The predicted octanol–water partition coefficient (Wildman–Crippen LogP) is 11.9. The summed E-state index contributed by atoms with van der Waals surface area (Å²) >= 11 is 0. The number of carboxylic acid groups (broad SMARTS) is 1. The highest BCUT2D eigenvalue weighted by Gasteiger charge is 2.59. The number of aliphatic carboxylic acids is 1. The first-order valence-electron chi connectivity index (χ1n) is 20.2. The Morgan fingerprint density at radius 3 is 1.77 bits per heavy atom. The zero-order chi connectivity index (χ0) is 40.9. The van der Waals surface area contributed by atoms with Crippen LogP contribution in [0.3, 0.4) is 0 Å². The minimum atomic E-state index is -3.02. The third-order valence-electron chi connectivity index (χ3n) is 11.1. The van der Waals surface area contributed by atoms with Gasteiger partial charge in [-0.3, -0.25) is 9.59 Å². The third kappa shape index (κ3) is 9.13. The van der Waals surface area contributed by atoms with Crippen LogP contribution in [0, 0.1) is 5.82 Å². The van der Waals surface area contributed by atoms with Crippen LogP contribution in [0.4, 0.5) is 10.1 Å². The molecule has 1 saturated heterocycles. The average molecular weight is 801 g/mol. The molecule has 2 atom stereocenters. The average Bonchev–Trinajstić information content (AvgIpc) is 3.48. The van der Waals surface area contributed by atoms with Crippen LogP contribution >= 0.6 is 0 Å². The highest BCUT2D eigenvalue weighted by Crippen LogP contribution is 2.48. The monoisotopic (exact) mass is 800 g/mol. The van der Waals surface area contributed by atoms with Gasteiger partial charge in [0.2, 0.25) is 0 Å². The van der Waals surface area contributed by atoms with Gasteiger partial charge in [-0.15, -0.1) is 0 Å². The molecule has 3 aromatic carbocycles. The van der Waals surface area contributed by atoms with Crippen molar-refractivity contribution in [1.82, 2.24) is 4.57 Å². The molecule has 1 fully saturated rings. The van der Waals surface area contributed by atoms with Gasteiger partial charge in [-0.25, -0.2) is 4.39 Å². The van der Waals surface area contributed by atoms with E-state index in [1.165, 1.54) is 12.1 Å². The molecule has 2 unspecified atom stereocenters. The maximum absolute atomic E-state index is 14.6. The van der Waals surface area contributed by atoms with Gasteiger partial charge < -0.3 is 28.0 Å². The number of carbonyl (C=O) groups excluding carboxylic acids is 1. The predicted molar refractivity (Wildman–Crippen MR) is 228 cm³/mol. The number of hydrogen-bond donors (Lipinski definition) is 2. The molecule has 0 spiro atoms. The summed E-state index contributed by atoms with van der Waals surface area (Å²) in [6.45, 7) is 21.9. The fourth-order valence-electron chi connectivity index (χ4n) is 8.53. The van der Waals surface area contributed by atoms with E-state index in [1.807, 2.05) is 60.7 Å². The first kappa shape index (κ1) is 43.3. The molecule has 302 valence electrons. The minimum absolute atomic E-state index is 0.0759. The largest absolute Gasteiger partial charge is 0.481 e. The van der Waals surface area contributed by atoms with E-state index in [9.17, 15) is 19.1 Å². The second-order valence-electron chi connectivity index (χ2n) is 16.7. The van der Waals surface area contributed by atoms with Crippen molar-refractivity contribution in [3.8, 4) is 22.4 Å². The Morgan fingerprint density at radius 1 is 0.750 bits per heavy atom. The van der Waals surface area contributed by atoms with E-state index in [-0.39, 0.29) is 46.2 Å². The van der Waals surface area contributed by atoms with Crippen LogP contribution in [0.5, 0.6) is 0 Å². The summed E-state index contributed by atoms with van der Waals surface area (Å²) in [5.74, 6) is -1.59. The third-order valence-corrected chi connectivity index (χ3v) is 21.5. The number of aromatic nitrogens is 1. The maximum Gasteiger partial charge on any atom is 0.334 e. The molecule has 56 heavy (non-hydrogen) atoms. The van der Waals surface area contributed by atoms with Crippen LogP contribution in [-0.2, 0) is 24.3 Å². The molecule has 1 aromatic heterocycles. The summed E-state index contributed by atoms with van der Waals surface area (Å²) in [4.78, 5) is 27.0. The number of para-hydroxylation sites is 1. The second-order valence-corrected chi connectivity index (χ2v) is 25.5. The van der Waals surface area contributed by atoms with Crippen molar-refractivity contribution < 1.29 is 32.1 Å². The van der Waals surface area contributed by atoms with E-state index >= 15 is 0 Å². The van der Waals surface area contributed by atoms with E-state index in [0.717, 1.165) is 28.1 Å². The number of amides is 1. The van der Waals surface area contributed by atoms with E-state index in [4.69, 9.17) is 13.0 Å². The van der Waals surface area contributed by atoms with Crippen LogP contribution in [0.25, 0.3) is 22.4 Å². The van der Waals surface area contributed by atoms with Gasteiger partial charge in [0, 0.05) is 23.5 Å². The fourth-order valence-corrected chi connectivity index (χ4v) is 19.9. The van der Waals surface area contributed by atoms with E-state index in [1.54, 1.807) is 12.1 Å². The minimum Gasteiger partial charge on any atom is -0.481 e. The Hall–Kier alpha value is -3.88. The second kappa shape index (κ2) is 18.1. The van der Waals surface area contributed by atoms with Crippen LogP contribution in [0.1, 0.15) is 110 Å². The molecule has 8 nitrogen and oxygen atoms in total. The standard InChI is InChI=1S/C45H61FN2O6Si2/c1-29(2)43-42(45(51)47-37-19-15-12-16-20-37)41(34-17-13-11-14-18-34)44(35-21-23-36(46)24-22-35)48(43)26-25-38-27-39(28-40(49)50)53-56(32(7)8,33(9)10)54-55(52-38,30(3)4)31(5)6/h11-24,29-33,38-39H,25-28H2,1-10H3,(H,47,51)(H,49,50). The molecular weight excluding hydrogens is 740 g/mol. The molecule has 5 rings (SSSR count). The van der Waals surface area contributed by atoms with Gasteiger partial charge in [0.25, 0.3) is 5.91 Å². The number of rotatable bonds is 14. The molecule has 1 amide bonds. The molecule has 11 heteroatoms. The Balaban J connectivity index is 1.71. The number of benzene rings is 3. The van der Waals surface area contributed by atoms with Crippen LogP contribution in [0.2, 0.25) is 22.2 Å². The number of carbonyl (C=O) groups is 2. The molecule has 0 bridgehead atoms. The van der Waals surface area contributed by atoms with Gasteiger partial charge in [-0.1, -0.05) is 118 Å². The fraction of sp³-hybridized carbons (Fsp3) is 0.467. The lowest BCUT2D eigenvalue weighted by atomic mass is 9.94. The number of nitrogens with one attached hydrogen (secondary N) is 1. The van der Waals surface area contributed by atoms with E-state index in [0.29, 0.717) is 30.6 Å². The summed E-state index contributed by atoms with van der Waals surface area (Å²) in [5.41, 5.74) is 5.64. The lowest BCUT2D eigenvalue weighted by Crippen LogP contribution is -2.64. The Bertz CT molecular complexity index is 1910. The van der Waals surface area contributed by atoms with Gasteiger partial charge in [0.05, 0.1) is 29.9 Å². The van der Waals surface area contributed by atoms with Crippen LogP contribution < -0.4 is 5.32 Å². The van der Waals surface area contributed by atoms with E-state index < -0.39 is 35.3 Å². The van der Waals surface area contributed by atoms with Gasteiger partial charge >= 0.3 is 23.1 Å². The summed E-state index contributed by atoms with van der Waals surface area (Å²) in [6, 6.07) is 25.7. The molecule has 1 aliphatic heterocycles. The van der Waals surface area contributed by atoms with Crippen molar-refractivity contribution in [2.45, 2.75) is 135 Å². The van der Waals surface area contributed by atoms with Crippen molar-refractivity contribution in [1.29, 1.82) is 0 Å². The highest BCUT2D eigenvalue weighted by molar-refractivity contribution is 6.84. The molecule has 0 aliphatic carbocycles. The lowest BCUT2D eigenvalue weighted by Gasteiger charge is -2.52. The normalized spacial score (nSPS) is 18.4. The quantitative estimate of drug-likeness (QED) is 0.123. The molecule has 2 N–H and O–H groups in total. The number of anilines is 1. The van der Waals surface area contributed by atoms with Crippen molar-refractivity contribution in [3.05, 3.63) is 102 Å². The molecule has 0 saturated carbocycles. The SMILES string of the molecule is CC(C)c1c(C(=O)Nc2ccccc2)c(-c2ccccc2)c(-c2ccc(F)cc2)n1CCC1CC(CC(=O)O)O[Si](C(C)C)(C(C)C)O[Si](C(C)C)(C(C)C)O1. The molecule has 2 heterocycles. The smallest absolute Gasteiger partial charge is 0.334 e. The highest BCUT2D eigenvalue weighted by atomic mass is 28.5. The summed E-state index contributed by atoms with van der Waals surface area (Å²) < 4.78 is 38.7. The van der Waals surface area contributed by atoms with Crippen molar-refractivity contribution >= 4 is 34.7 Å². The van der Waals surface area contributed by atoms with Crippen LogP contribution in [0.15, 0.2) is 84.9 Å². The van der Waals surface area contributed by atoms with Crippen LogP contribution in [-0.4, -0.2) is 50.9 Å². The van der Waals surface area contributed by atoms with Crippen molar-refractivity contribution in [3.63, 3.8) is 0 Å². The molecule has 0 radical (unpaired) electrons. The van der Waals surface area contributed by atoms with Crippen molar-refractivity contribution in [2.24, 2.45) is 0 Å². The number of hydrogen-bond acceptors (Lipinski definition) is 5. The first-order chi connectivity index (χ1) is 26.5. The summed E-state index contributed by atoms with van der Waals surface area (Å²) in [7, 11) is -6.02. The van der Waals surface area contributed by atoms with E-state index in [2.05, 4.69) is 79.1 Å². The zero-order valence-electron chi connectivity index (χ0n) is 34.8. The van der Waals surface area contributed by atoms with Crippen molar-refractivity contribution in [2.75, 3.05) is 5.32 Å². The van der Waals surface area contributed by atoms with Gasteiger partial charge in [0.1, 0.15) is 5.82 Å². The summed E-state index contributed by atoms with van der Waals surface area (Å²) in [5, 5.41) is 13.3. The molecular formula is C45H61FN2O6Si2. The summed E-state index contributed by atoms with van der Waals surface area (Å²) in [6.07, 6.45) is -0.245. The number of halogens is 1. The lowest BCUT2D eigenvalue weighted by molar-refractivity contribution is -0.139. The molecule has 4 aromatic rings. The topological polar surface area (TPSA) is 99.0 Å². The Kier molecular flexibility index (Phi) is 14.0. The molecule has 1 aliphatic rings. The van der Waals surface area contributed by atoms with Gasteiger partial charge in [0.15, 0.2) is 0 Å². The Morgan fingerprint density at radius 2 is 1.27 bits per heavy atom. The first-order valence-corrected chi connectivity index (χ1v) is 24.2. The van der Waals surface area contributed by atoms with Gasteiger partial charge in [-0.2, -0.15) is 0 Å². The zero-order valence-corrected chi connectivity index (χ0v) is 36.8. The number of carboxylic acids is 1. The number of nitrogens with zero attached hydrogens (tertiary/aromatic N) is 1. The maximum atomic E-state index is 14.6. The van der Waals surface area contributed by atoms with Gasteiger partial charge in [-0.05, 0) is 88.4 Å².